The second-order valence-corrected chi connectivity index (χ2v) is 5.99. The standard InChI is InChI=1S/C14H22OS/c1-2-12-3-7-14(15,8-4-12)9-5-13-6-10-16-11-13/h6,10-12,15H,2-5,7-9H2,1H3. The third-order valence-corrected chi connectivity index (χ3v) is 4.80. The van der Waals surface area contributed by atoms with Crippen LogP contribution in [0.3, 0.4) is 0 Å². The number of rotatable bonds is 4. The highest BCUT2D eigenvalue weighted by Crippen LogP contribution is 2.36. The number of thiophene rings is 1. The molecule has 1 N–H and O–H groups in total. The van der Waals surface area contributed by atoms with Crippen LogP contribution in [0.25, 0.3) is 0 Å². The Morgan fingerprint density at radius 1 is 1.44 bits per heavy atom. The molecule has 1 heterocycles. The van der Waals surface area contributed by atoms with Crippen LogP contribution >= 0.6 is 11.3 Å². The van der Waals surface area contributed by atoms with Crippen LogP contribution in [0.4, 0.5) is 0 Å². The van der Waals surface area contributed by atoms with E-state index < -0.39 is 0 Å². The van der Waals surface area contributed by atoms with E-state index in [0.29, 0.717) is 0 Å². The van der Waals surface area contributed by atoms with Crippen LogP contribution in [0.15, 0.2) is 16.8 Å². The van der Waals surface area contributed by atoms with Crippen molar-refractivity contribution in [2.45, 2.75) is 57.5 Å². The van der Waals surface area contributed by atoms with E-state index in [1.807, 2.05) is 0 Å². The first-order valence-corrected chi connectivity index (χ1v) is 7.39. The average Bonchev–Trinajstić information content (AvgIpc) is 2.81. The van der Waals surface area contributed by atoms with Gasteiger partial charge in [-0.3, -0.25) is 0 Å². The SMILES string of the molecule is CCC1CCC(O)(CCc2ccsc2)CC1. The van der Waals surface area contributed by atoms with Gasteiger partial charge in [-0.1, -0.05) is 13.3 Å². The Morgan fingerprint density at radius 2 is 2.19 bits per heavy atom. The van der Waals surface area contributed by atoms with Crippen molar-refractivity contribution in [2.75, 3.05) is 0 Å². The Balaban J connectivity index is 1.80. The second-order valence-electron chi connectivity index (χ2n) is 5.21. The molecule has 0 saturated heterocycles. The number of hydrogen-bond donors (Lipinski definition) is 1. The Kier molecular flexibility index (Phi) is 4.04. The molecule has 0 aromatic carbocycles. The van der Waals surface area contributed by atoms with Gasteiger partial charge in [-0.2, -0.15) is 11.3 Å². The molecular formula is C14H22OS. The molecule has 1 fully saturated rings. The molecule has 0 amide bonds. The maximum Gasteiger partial charge on any atom is 0.0651 e. The fourth-order valence-corrected chi connectivity index (χ4v) is 3.39. The monoisotopic (exact) mass is 238 g/mol. The first-order valence-electron chi connectivity index (χ1n) is 6.45. The van der Waals surface area contributed by atoms with E-state index in [2.05, 4.69) is 23.8 Å². The molecule has 0 aliphatic heterocycles. The number of hydrogen-bond acceptors (Lipinski definition) is 2. The fraction of sp³-hybridized carbons (Fsp3) is 0.714. The highest BCUT2D eigenvalue weighted by atomic mass is 32.1. The number of aliphatic hydroxyl groups is 1. The third-order valence-electron chi connectivity index (χ3n) is 4.07. The molecule has 0 unspecified atom stereocenters. The lowest BCUT2D eigenvalue weighted by molar-refractivity contribution is -0.0165. The largest absolute Gasteiger partial charge is 0.390 e. The van der Waals surface area contributed by atoms with Crippen molar-refractivity contribution in [3.05, 3.63) is 22.4 Å². The summed E-state index contributed by atoms with van der Waals surface area (Å²) in [6.07, 6.45) is 7.72. The number of aryl methyl sites for hydroxylation is 1. The molecule has 16 heavy (non-hydrogen) atoms. The predicted octanol–water partition coefficient (Wildman–Crippen LogP) is 4.01. The average molecular weight is 238 g/mol. The fourth-order valence-electron chi connectivity index (χ4n) is 2.69. The van der Waals surface area contributed by atoms with E-state index in [4.69, 9.17) is 0 Å². The molecule has 2 rings (SSSR count). The van der Waals surface area contributed by atoms with E-state index in [0.717, 1.165) is 31.6 Å². The summed E-state index contributed by atoms with van der Waals surface area (Å²) >= 11 is 1.75. The van der Waals surface area contributed by atoms with Crippen LogP contribution in [0.1, 0.15) is 51.0 Å². The molecule has 1 aromatic heterocycles. The topological polar surface area (TPSA) is 20.2 Å². The Hall–Kier alpha value is -0.340. The molecule has 2 heteroatoms. The maximum atomic E-state index is 10.5. The molecule has 0 radical (unpaired) electrons. The van der Waals surface area contributed by atoms with Crippen LogP contribution in [0, 0.1) is 5.92 Å². The van der Waals surface area contributed by atoms with Crippen molar-refractivity contribution in [1.29, 1.82) is 0 Å². The highest BCUT2D eigenvalue weighted by molar-refractivity contribution is 7.07. The van der Waals surface area contributed by atoms with Gasteiger partial charge in [0, 0.05) is 0 Å². The summed E-state index contributed by atoms with van der Waals surface area (Å²) in [4.78, 5) is 0. The van der Waals surface area contributed by atoms with Crippen molar-refractivity contribution in [3.8, 4) is 0 Å². The first-order chi connectivity index (χ1) is 7.72. The van der Waals surface area contributed by atoms with Gasteiger partial charge in [0.1, 0.15) is 0 Å². The Labute approximate surface area is 103 Å². The van der Waals surface area contributed by atoms with E-state index >= 15 is 0 Å². The summed E-state index contributed by atoms with van der Waals surface area (Å²) in [7, 11) is 0. The molecule has 1 aliphatic rings. The molecule has 1 aliphatic carbocycles. The van der Waals surface area contributed by atoms with Crippen LogP contribution in [0.5, 0.6) is 0 Å². The van der Waals surface area contributed by atoms with Crippen LogP contribution in [0.2, 0.25) is 0 Å². The summed E-state index contributed by atoms with van der Waals surface area (Å²) in [5.41, 5.74) is 1.02. The van der Waals surface area contributed by atoms with Crippen molar-refractivity contribution in [2.24, 2.45) is 5.92 Å². The van der Waals surface area contributed by atoms with Gasteiger partial charge >= 0.3 is 0 Å². The van der Waals surface area contributed by atoms with E-state index in [-0.39, 0.29) is 5.60 Å². The van der Waals surface area contributed by atoms with Crippen molar-refractivity contribution in [3.63, 3.8) is 0 Å². The molecule has 90 valence electrons. The Bertz CT molecular complexity index is 297. The molecule has 1 nitrogen and oxygen atoms in total. The van der Waals surface area contributed by atoms with Crippen molar-refractivity contribution >= 4 is 11.3 Å². The van der Waals surface area contributed by atoms with Crippen LogP contribution < -0.4 is 0 Å². The van der Waals surface area contributed by atoms with Crippen molar-refractivity contribution in [1.82, 2.24) is 0 Å². The van der Waals surface area contributed by atoms with E-state index in [9.17, 15) is 5.11 Å². The minimum absolute atomic E-state index is 0.367. The summed E-state index contributed by atoms with van der Waals surface area (Å²) in [6.45, 7) is 2.26. The summed E-state index contributed by atoms with van der Waals surface area (Å²) in [5.74, 6) is 0.862. The lowest BCUT2D eigenvalue weighted by Crippen LogP contribution is -2.34. The first kappa shape index (κ1) is 12.1. The lowest BCUT2D eigenvalue weighted by Gasteiger charge is -2.35. The van der Waals surface area contributed by atoms with Gasteiger partial charge in [-0.05, 0) is 66.8 Å². The molecule has 1 saturated carbocycles. The Morgan fingerprint density at radius 3 is 2.75 bits per heavy atom. The zero-order valence-electron chi connectivity index (χ0n) is 10.1. The zero-order valence-corrected chi connectivity index (χ0v) is 10.9. The normalized spacial score (nSPS) is 30.5. The van der Waals surface area contributed by atoms with Gasteiger partial charge in [0.15, 0.2) is 0 Å². The molecule has 0 bridgehead atoms. The van der Waals surface area contributed by atoms with E-state index in [1.54, 1.807) is 11.3 Å². The van der Waals surface area contributed by atoms with Gasteiger partial charge in [0.05, 0.1) is 5.60 Å². The van der Waals surface area contributed by atoms with Gasteiger partial charge in [0.2, 0.25) is 0 Å². The van der Waals surface area contributed by atoms with Crippen LogP contribution in [-0.2, 0) is 6.42 Å². The smallest absolute Gasteiger partial charge is 0.0651 e. The minimum Gasteiger partial charge on any atom is -0.390 e. The predicted molar refractivity (Wildman–Crippen MR) is 69.8 cm³/mol. The van der Waals surface area contributed by atoms with Crippen LogP contribution in [-0.4, -0.2) is 10.7 Å². The quantitative estimate of drug-likeness (QED) is 0.840. The van der Waals surface area contributed by atoms with Gasteiger partial charge in [-0.15, -0.1) is 0 Å². The molecule has 0 atom stereocenters. The van der Waals surface area contributed by atoms with Crippen molar-refractivity contribution < 1.29 is 5.11 Å². The van der Waals surface area contributed by atoms with Gasteiger partial charge < -0.3 is 5.11 Å². The molecule has 1 aromatic rings. The summed E-state index contributed by atoms with van der Waals surface area (Å²) in [6, 6.07) is 2.17. The lowest BCUT2D eigenvalue weighted by atomic mass is 9.75. The maximum absolute atomic E-state index is 10.5. The highest BCUT2D eigenvalue weighted by Gasteiger charge is 2.31. The summed E-state index contributed by atoms with van der Waals surface area (Å²) < 4.78 is 0. The van der Waals surface area contributed by atoms with E-state index in [1.165, 1.54) is 24.8 Å². The third kappa shape index (κ3) is 3.08. The molecule has 0 spiro atoms. The summed E-state index contributed by atoms with van der Waals surface area (Å²) in [5, 5.41) is 14.8. The zero-order chi connectivity index (χ0) is 11.4. The van der Waals surface area contributed by atoms with Gasteiger partial charge in [0.25, 0.3) is 0 Å². The minimum atomic E-state index is -0.367. The second kappa shape index (κ2) is 5.33. The van der Waals surface area contributed by atoms with Gasteiger partial charge in [-0.25, -0.2) is 0 Å². The molecular weight excluding hydrogens is 216 g/mol.